The highest BCUT2D eigenvalue weighted by molar-refractivity contribution is 6.90. The fourth-order valence-electron chi connectivity index (χ4n) is 7.51. The third-order valence-corrected chi connectivity index (χ3v) is 15.6. The second-order valence-electron chi connectivity index (χ2n) is 12.3. The maximum Gasteiger partial charge on any atom is 0.328 e. The molecule has 1 unspecified atom stereocenters. The quantitative estimate of drug-likeness (QED) is 0.202. The first-order valence-electron chi connectivity index (χ1n) is 14.6. The number of carbonyl (C=O) groups is 2. The lowest BCUT2D eigenvalue weighted by atomic mass is 9.82. The molecule has 3 aromatic carbocycles. The predicted octanol–water partition coefficient (Wildman–Crippen LogP) is 7.57. The molecule has 1 aromatic heterocycles. The number of rotatable bonds is 5. The van der Waals surface area contributed by atoms with E-state index < -0.39 is 13.6 Å². The van der Waals surface area contributed by atoms with Gasteiger partial charge in [0, 0.05) is 16.5 Å². The van der Waals surface area contributed by atoms with E-state index in [-0.39, 0.29) is 11.9 Å². The maximum absolute atomic E-state index is 14.5. The van der Waals surface area contributed by atoms with Crippen molar-refractivity contribution in [1.29, 1.82) is 0 Å². The largest absolute Gasteiger partial charge is 0.328 e. The highest BCUT2D eigenvalue weighted by Crippen LogP contribution is 2.49. The van der Waals surface area contributed by atoms with E-state index >= 15 is 0 Å². The van der Waals surface area contributed by atoms with Crippen LogP contribution < -0.4 is 10.2 Å². The van der Waals surface area contributed by atoms with Gasteiger partial charge in [0.15, 0.2) is 5.54 Å². The standard InChI is InChI=1S/C35H37N3O2Si/c1-23(2)41(24(3)4,25(5)6)20-19-28-21-27-15-12-17-30-32(27)38(28)34(40)36-35(30)29-16-10-11-18-31(29)37(33(35)39)22-26-13-8-7-9-14-26/h7-18,21,23-25H,22H2,1-6H3,(H,36,40). The molecular weight excluding hydrogens is 522 g/mol. The lowest BCUT2D eigenvalue weighted by Gasteiger charge is -2.38. The Balaban J connectivity index is 1.55. The SMILES string of the molecule is CC(C)[Si](C#Cc1cc2cccc3c2n1C(=O)NC31C(=O)N(Cc2ccccc2)c2ccccc21)(C(C)C)C(C)C. The summed E-state index contributed by atoms with van der Waals surface area (Å²) in [5.74, 6) is 3.36. The predicted molar refractivity (Wildman–Crippen MR) is 169 cm³/mol. The monoisotopic (exact) mass is 559 g/mol. The van der Waals surface area contributed by atoms with E-state index in [9.17, 15) is 9.59 Å². The second kappa shape index (κ2) is 9.78. The van der Waals surface area contributed by atoms with Crippen LogP contribution in [-0.4, -0.2) is 24.6 Å². The molecule has 3 heterocycles. The van der Waals surface area contributed by atoms with E-state index in [1.54, 1.807) is 9.47 Å². The number of carbonyl (C=O) groups excluding carboxylic acids is 2. The molecule has 1 spiro atoms. The molecule has 208 valence electrons. The summed E-state index contributed by atoms with van der Waals surface area (Å²) >= 11 is 0. The summed E-state index contributed by atoms with van der Waals surface area (Å²) in [6, 6.07) is 25.4. The van der Waals surface area contributed by atoms with E-state index in [0.717, 1.165) is 33.3 Å². The van der Waals surface area contributed by atoms with E-state index in [2.05, 4.69) is 58.3 Å². The van der Waals surface area contributed by atoms with Gasteiger partial charge in [-0.05, 0) is 34.3 Å². The van der Waals surface area contributed by atoms with Crippen LogP contribution in [0.2, 0.25) is 16.6 Å². The van der Waals surface area contributed by atoms with Crippen molar-refractivity contribution in [3.8, 4) is 11.5 Å². The molecule has 0 saturated heterocycles. The number of fused-ring (bicyclic) bond motifs is 3. The van der Waals surface area contributed by atoms with Crippen LogP contribution in [0.1, 0.15) is 63.9 Å². The Morgan fingerprint density at radius 2 is 1.44 bits per heavy atom. The van der Waals surface area contributed by atoms with Crippen LogP contribution in [0.5, 0.6) is 0 Å². The minimum Gasteiger partial charge on any atom is -0.315 e. The van der Waals surface area contributed by atoms with Gasteiger partial charge >= 0.3 is 6.03 Å². The Bertz CT molecular complexity index is 1720. The smallest absolute Gasteiger partial charge is 0.315 e. The summed E-state index contributed by atoms with van der Waals surface area (Å²) in [4.78, 5) is 30.4. The van der Waals surface area contributed by atoms with Crippen LogP contribution in [0.4, 0.5) is 10.5 Å². The van der Waals surface area contributed by atoms with Gasteiger partial charge < -0.3 is 10.2 Å². The van der Waals surface area contributed by atoms with Gasteiger partial charge in [-0.2, -0.15) is 0 Å². The summed E-state index contributed by atoms with van der Waals surface area (Å²) in [6.07, 6.45) is 0. The van der Waals surface area contributed by atoms with Crippen LogP contribution in [-0.2, 0) is 16.9 Å². The summed E-state index contributed by atoms with van der Waals surface area (Å²) in [5.41, 5.74) is 8.81. The molecule has 41 heavy (non-hydrogen) atoms. The fraction of sp³-hybridized carbons (Fsp3) is 0.314. The van der Waals surface area contributed by atoms with Crippen molar-refractivity contribution in [3.63, 3.8) is 0 Å². The van der Waals surface area contributed by atoms with Crippen LogP contribution >= 0.6 is 0 Å². The molecule has 4 aromatic rings. The Kier molecular flexibility index (Phi) is 6.46. The Morgan fingerprint density at radius 3 is 2.12 bits per heavy atom. The van der Waals surface area contributed by atoms with Gasteiger partial charge in [-0.1, -0.05) is 114 Å². The van der Waals surface area contributed by atoms with Crippen molar-refractivity contribution in [2.75, 3.05) is 4.90 Å². The van der Waals surface area contributed by atoms with Gasteiger partial charge in [-0.15, -0.1) is 5.54 Å². The Morgan fingerprint density at radius 1 is 0.805 bits per heavy atom. The molecule has 1 atom stereocenters. The van der Waals surface area contributed by atoms with E-state index in [1.165, 1.54) is 0 Å². The molecule has 2 aliphatic heterocycles. The average molecular weight is 560 g/mol. The van der Waals surface area contributed by atoms with E-state index in [1.807, 2.05) is 78.9 Å². The number of hydrogen-bond donors (Lipinski definition) is 1. The number of nitrogens with one attached hydrogen (secondary N) is 1. The summed E-state index contributed by atoms with van der Waals surface area (Å²) in [6.45, 7) is 14.2. The lowest BCUT2D eigenvalue weighted by Crippen LogP contribution is -2.57. The molecule has 0 fully saturated rings. The van der Waals surface area contributed by atoms with Gasteiger partial charge in [0.1, 0.15) is 13.8 Å². The van der Waals surface area contributed by atoms with E-state index in [4.69, 9.17) is 0 Å². The minimum atomic E-state index is -2.02. The highest BCUT2D eigenvalue weighted by atomic mass is 28.3. The number of amides is 2. The van der Waals surface area contributed by atoms with Crippen molar-refractivity contribution in [1.82, 2.24) is 9.88 Å². The van der Waals surface area contributed by atoms with Crippen molar-refractivity contribution < 1.29 is 9.59 Å². The number of hydrogen-bond acceptors (Lipinski definition) is 2. The molecule has 5 nitrogen and oxygen atoms in total. The zero-order chi connectivity index (χ0) is 29.1. The molecule has 1 N–H and O–H groups in total. The van der Waals surface area contributed by atoms with Gasteiger partial charge in [-0.3, -0.25) is 9.36 Å². The summed E-state index contributed by atoms with van der Waals surface area (Å²) in [5, 5.41) is 4.11. The van der Waals surface area contributed by atoms with Crippen LogP contribution in [0, 0.1) is 11.5 Å². The molecule has 0 bridgehead atoms. The van der Waals surface area contributed by atoms with E-state index in [0.29, 0.717) is 28.9 Å². The number of anilines is 1. The number of aromatic nitrogens is 1. The second-order valence-corrected chi connectivity index (χ2v) is 17.9. The molecule has 0 saturated carbocycles. The Hall–Kier alpha value is -4.08. The molecule has 0 radical (unpaired) electrons. The van der Waals surface area contributed by atoms with Crippen LogP contribution in [0.25, 0.3) is 10.9 Å². The lowest BCUT2D eigenvalue weighted by molar-refractivity contribution is -0.122. The number of para-hydroxylation sites is 2. The summed E-state index contributed by atoms with van der Waals surface area (Å²) in [7, 11) is -2.02. The summed E-state index contributed by atoms with van der Waals surface area (Å²) < 4.78 is 1.69. The first kappa shape index (κ1) is 27.1. The number of benzene rings is 3. The fourth-order valence-corrected chi connectivity index (χ4v) is 12.7. The topological polar surface area (TPSA) is 54.3 Å². The zero-order valence-electron chi connectivity index (χ0n) is 24.7. The van der Waals surface area contributed by atoms with Crippen LogP contribution in [0.3, 0.4) is 0 Å². The molecule has 0 aliphatic carbocycles. The van der Waals surface area contributed by atoms with Gasteiger partial charge in [-0.25, -0.2) is 4.79 Å². The average Bonchev–Trinajstić information content (AvgIpc) is 3.43. The Labute approximate surface area is 243 Å². The van der Waals surface area contributed by atoms with Crippen molar-refractivity contribution in [2.24, 2.45) is 0 Å². The first-order chi connectivity index (χ1) is 19.6. The van der Waals surface area contributed by atoms with Crippen molar-refractivity contribution >= 4 is 36.6 Å². The number of nitrogens with zero attached hydrogens (tertiary/aromatic N) is 2. The molecule has 2 aliphatic rings. The van der Waals surface area contributed by atoms with Crippen molar-refractivity contribution in [3.05, 3.63) is 101 Å². The maximum atomic E-state index is 14.5. The first-order valence-corrected chi connectivity index (χ1v) is 16.8. The van der Waals surface area contributed by atoms with Gasteiger partial charge in [0.05, 0.1) is 17.7 Å². The molecule has 6 rings (SSSR count). The normalized spacial score (nSPS) is 17.9. The minimum absolute atomic E-state index is 0.144. The molecular formula is C35H37N3O2Si. The van der Waals surface area contributed by atoms with Crippen molar-refractivity contribution in [2.45, 2.75) is 70.2 Å². The third kappa shape index (κ3) is 3.83. The van der Waals surface area contributed by atoms with Gasteiger partial charge in [0.25, 0.3) is 5.91 Å². The van der Waals surface area contributed by atoms with Gasteiger partial charge in [0.2, 0.25) is 0 Å². The van der Waals surface area contributed by atoms with Crippen LogP contribution in [0.15, 0.2) is 78.9 Å². The molecule has 6 heteroatoms. The molecule has 2 amide bonds. The highest BCUT2D eigenvalue weighted by Gasteiger charge is 2.56. The third-order valence-electron chi connectivity index (χ3n) is 9.35. The zero-order valence-corrected chi connectivity index (χ0v) is 25.7.